The molecule has 0 fully saturated rings. The third-order valence-electron chi connectivity index (χ3n) is 4.96. The molecule has 1 atom stereocenters. The third-order valence-corrected chi connectivity index (χ3v) is 4.96. The number of rotatable bonds is 3. The van der Waals surface area contributed by atoms with Crippen molar-refractivity contribution in [1.82, 2.24) is 4.98 Å². The van der Waals surface area contributed by atoms with E-state index in [1.807, 2.05) is 24.4 Å². The van der Waals surface area contributed by atoms with E-state index >= 15 is 0 Å². The Morgan fingerprint density at radius 1 is 1.00 bits per heavy atom. The van der Waals surface area contributed by atoms with E-state index in [1.165, 1.54) is 16.8 Å². The first-order valence-corrected chi connectivity index (χ1v) is 8.86. The summed E-state index contributed by atoms with van der Waals surface area (Å²) in [7, 11) is 0. The Morgan fingerprint density at radius 3 is 2.56 bits per heavy atom. The average molecular weight is 329 g/mol. The molecule has 0 aliphatic carbocycles. The zero-order chi connectivity index (χ0) is 17.2. The van der Waals surface area contributed by atoms with Crippen LogP contribution < -0.4 is 10.6 Å². The van der Waals surface area contributed by atoms with Gasteiger partial charge in [0.2, 0.25) is 0 Å². The maximum Gasteiger partial charge on any atom is 0.135 e. The van der Waals surface area contributed by atoms with Crippen LogP contribution in [0, 0.1) is 6.92 Å². The molecule has 0 radical (unpaired) electrons. The maximum atomic E-state index is 6.44. The lowest BCUT2D eigenvalue weighted by molar-refractivity contribution is 0.756. The summed E-state index contributed by atoms with van der Waals surface area (Å²) in [5, 5.41) is 0. The minimum Gasteiger partial charge on any atom is -0.326 e. The van der Waals surface area contributed by atoms with Crippen molar-refractivity contribution in [1.29, 1.82) is 0 Å². The molecular weight excluding hydrogens is 306 g/mol. The fraction of sp³-hybridized carbons (Fsp3) is 0.227. The molecule has 0 spiro atoms. The van der Waals surface area contributed by atoms with Crippen LogP contribution in [0.4, 0.5) is 11.5 Å². The van der Waals surface area contributed by atoms with Crippen LogP contribution in [0.15, 0.2) is 66.9 Å². The second-order valence-corrected chi connectivity index (χ2v) is 6.68. The van der Waals surface area contributed by atoms with Gasteiger partial charge in [-0.1, -0.05) is 48.5 Å². The molecule has 0 unspecified atom stereocenters. The molecule has 1 aliphatic heterocycles. The van der Waals surface area contributed by atoms with Crippen molar-refractivity contribution >= 4 is 11.5 Å². The number of para-hydroxylation sites is 1. The lowest BCUT2D eigenvalue weighted by Crippen LogP contribution is -2.26. The molecule has 0 saturated heterocycles. The summed E-state index contributed by atoms with van der Waals surface area (Å²) < 4.78 is 0. The summed E-state index contributed by atoms with van der Waals surface area (Å²) in [6.45, 7) is 3.13. The highest BCUT2D eigenvalue weighted by atomic mass is 15.2. The van der Waals surface area contributed by atoms with E-state index in [9.17, 15) is 0 Å². The van der Waals surface area contributed by atoms with Gasteiger partial charge in [0.1, 0.15) is 5.82 Å². The lowest BCUT2D eigenvalue weighted by atomic mass is 9.99. The molecule has 1 aromatic heterocycles. The van der Waals surface area contributed by atoms with Crippen molar-refractivity contribution in [3.8, 4) is 0 Å². The second-order valence-electron chi connectivity index (χ2n) is 6.68. The normalized spacial score (nSPS) is 14.9. The Hall–Kier alpha value is -2.65. The van der Waals surface area contributed by atoms with Crippen molar-refractivity contribution in [3.63, 3.8) is 0 Å². The summed E-state index contributed by atoms with van der Waals surface area (Å²) in [5.74, 6) is 1.04. The van der Waals surface area contributed by atoms with E-state index < -0.39 is 0 Å². The van der Waals surface area contributed by atoms with Gasteiger partial charge in [-0.2, -0.15) is 0 Å². The fourth-order valence-electron chi connectivity index (χ4n) is 3.65. The fourth-order valence-corrected chi connectivity index (χ4v) is 3.65. The molecule has 3 nitrogen and oxygen atoms in total. The second kappa shape index (κ2) is 6.69. The third kappa shape index (κ3) is 3.03. The highest BCUT2D eigenvalue weighted by molar-refractivity contribution is 5.67. The van der Waals surface area contributed by atoms with Crippen LogP contribution in [0.25, 0.3) is 0 Å². The minimum absolute atomic E-state index is 0.143. The maximum absolute atomic E-state index is 6.44. The summed E-state index contributed by atoms with van der Waals surface area (Å²) in [6, 6.07) is 20.8. The number of nitrogens with zero attached hydrogens (tertiary/aromatic N) is 2. The van der Waals surface area contributed by atoms with E-state index in [4.69, 9.17) is 10.7 Å². The molecule has 4 rings (SSSR count). The quantitative estimate of drug-likeness (QED) is 0.768. The first kappa shape index (κ1) is 15.9. The number of aromatic nitrogens is 1. The Morgan fingerprint density at radius 2 is 1.76 bits per heavy atom. The lowest BCUT2D eigenvalue weighted by Gasteiger charge is -2.31. The summed E-state index contributed by atoms with van der Waals surface area (Å²) in [4.78, 5) is 7.13. The highest BCUT2D eigenvalue weighted by Gasteiger charge is 2.21. The largest absolute Gasteiger partial charge is 0.326 e. The first-order chi connectivity index (χ1) is 12.2. The van der Waals surface area contributed by atoms with E-state index in [0.717, 1.165) is 36.3 Å². The Balaban J connectivity index is 1.68. The van der Waals surface area contributed by atoms with Crippen molar-refractivity contribution in [2.45, 2.75) is 25.8 Å². The van der Waals surface area contributed by atoms with E-state index in [1.54, 1.807) is 0 Å². The molecule has 25 heavy (non-hydrogen) atoms. The number of nitrogens with two attached hydrogens (primary N) is 1. The van der Waals surface area contributed by atoms with Crippen LogP contribution in [0.3, 0.4) is 0 Å². The van der Waals surface area contributed by atoms with E-state index in [0.29, 0.717) is 0 Å². The number of anilines is 2. The van der Waals surface area contributed by atoms with Crippen molar-refractivity contribution < 1.29 is 0 Å². The predicted molar refractivity (Wildman–Crippen MR) is 103 cm³/mol. The van der Waals surface area contributed by atoms with Gasteiger partial charge in [0.05, 0.1) is 6.04 Å². The van der Waals surface area contributed by atoms with Crippen molar-refractivity contribution in [2.24, 2.45) is 5.73 Å². The van der Waals surface area contributed by atoms with Crippen LogP contribution in [-0.4, -0.2) is 11.5 Å². The standard InChI is InChI=1S/C22H23N3/c1-16-14-19(21(23)18-9-3-2-4-10-18)15-24-22(16)25-13-7-11-17-8-5-6-12-20(17)25/h2-6,8-10,12,14-15,21H,7,11,13,23H2,1H3/t21-/m1/s1. The van der Waals surface area contributed by atoms with Gasteiger partial charge < -0.3 is 10.6 Å². The number of aryl methyl sites for hydroxylation is 2. The molecule has 126 valence electrons. The van der Waals surface area contributed by atoms with Gasteiger partial charge in [0.15, 0.2) is 0 Å². The van der Waals surface area contributed by atoms with Crippen molar-refractivity contribution in [3.05, 3.63) is 89.1 Å². The molecule has 0 bridgehead atoms. The molecule has 3 aromatic rings. The summed E-state index contributed by atoms with van der Waals surface area (Å²) >= 11 is 0. The van der Waals surface area contributed by atoms with Gasteiger partial charge in [0, 0.05) is 18.4 Å². The highest BCUT2D eigenvalue weighted by Crippen LogP contribution is 2.34. The molecule has 2 heterocycles. The number of hydrogen-bond donors (Lipinski definition) is 1. The summed E-state index contributed by atoms with van der Waals surface area (Å²) in [6.07, 6.45) is 4.23. The topological polar surface area (TPSA) is 42.1 Å². The van der Waals surface area contributed by atoms with Crippen LogP contribution in [0.2, 0.25) is 0 Å². The average Bonchev–Trinajstić information content (AvgIpc) is 2.68. The van der Waals surface area contributed by atoms with Gasteiger partial charge >= 0.3 is 0 Å². The van der Waals surface area contributed by atoms with Crippen LogP contribution in [-0.2, 0) is 6.42 Å². The van der Waals surface area contributed by atoms with Crippen LogP contribution >= 0.6 is 0 Å². The monoisotopic (exact) mass is 329 g/mol. The molecule has 2 N–H and O–H groups in total. The molecule has 0 amide bonds. The molecule has 1 aliphatic rings. The summed E-state index contributed by atoms with van der Waals surface area (Å²) in [5.41, 5.74) is 12.5. The zero-order valence-corrected chi connectivity index (χ0v) is 14.5. The molecule has 3 heteroatoms. The molecular formula is C22H23N3. The number of fused-ring (bicyclic) bond motifs is 1. The van der Waals surface area contributed by atoms with Gasteiger partial charge in [-0.3, -0.25) is 0 Å². The first-order valence-electron chi connectivity index (χ1n) is 8.86. The number of benzene rings is 2. The minimum atomic E-state index is -0.143. The van der Waals surface area contributed by atoms with Gasteiger partial charge in [-0.25, -0.2) is 4.98 Å². The van der Waals surface area contributed by atoms with Gasteiger partial charge in [-0.05, 0) is 54.2 Å². The number of pyridine rings is 1. The van der Waals surface area contributed by atoms with Crippen molar-refractivity contribution in [2.75, 3.05) is 11.4 Å². The van der Waals surface area contributed by atoms with E-state index in [-0.39, 0.29) is 6.04 Å². The zero-order valence-electron chi connectivity index (χ0n) is 14.5. The van der Waals surface area contributed by atoms with Gasteiger partial charge in [0.25, 0.3) is 0 Å². The van der Waals surface area contributed by atoms with Crippen LogP contribution in [0.1, 0.15) is 34.7 Å². The SMILES string of the molecule is Cc1cc([C@H](N)c2ccccc2)cnc1N1CCCc2ccccc21. The smallest absolute Gasteiger partial charge is 0.135 e. The van der Waals surface area contributed by atoms with Gasteiger partial charge in [-0.15, -0.1) is 0 Å². The molecule has 0 saturated carbocycles. The molecule has 2 aromatic carbocycles. The predicted octanol–water partition coefficient (Wildman–Crippen LogP) is 4.52. The Bertz CT molecular complexity index is 873. The number of hydrogen-bond acceptors (Lipinski definition) is 3. The Labute approximate surface area is 149 Å². The van der Waals surface area contributed by atoms with Crippen LogP contribution in [0.5, 0.6) is 0 Å². The Kier molecular flexibility index (Phi) is 4.24. The van der Waals surface area contributed by atoms with E-state index in [2.05, 4.69) is 54.3 Å².